The van der Waals surface area contributed by atoms with Gasteiger partial charge < -0.3 is 23.8 Å². The third-order valence-electron chi connectivity index (χ3n) is 14.6. The molecule has 1 aliphatic heterocycles. The van der Waals surface area contributed by atoms with E-state index in [2.05, 4.69) is 45.5 Å². The smallest absolute Gasteiger partial charge is 0.337 e. The van der Waals surface area contributed by atoms with Gasteiger partial charge in [0.25, 0.3) is 16.7 Å². The Hall–Kier alpha value is -9.12. The summed E-state index contributed by atoms with van der Waals surface area (Å²) in [6.07, 6.45) is 10.9. The van der Waals surface area contributed by atoms with Crippen LogP contribution in [0.15, 0.2) is 137 Å². The Morgan fingerprint density at radius 2 is 0.964 bits per heavy atom. The number of fused-ring (bicyclic) bond motifs is 3. The summed E-state index contributed by atoms with van der Waals surface area (Å²) in [7, 11) is 6.50. The standard InChI is InChI=1S/C24H25N5O3.C20H18N4O2S.C18H17N3O3S/c1-14-4-5-16(21-10-15(2)28-32-21)11-19(14)20-12-17-13-25-24(26-18-6-8-31-9-7-18)27-22(17)29(3)23(20)30;1-11-5-6-13(17-7-12(2)23-26-17)8-15(11)16-9-14-10-21-20(27-4)22-18(14)24(3)19(16)25;1-10-5-6-11(17(23)24-3)7-13(10)14-8-12-9-19-18(25-4)20-15(12)21(2)16(14)22/h4-5,10-13,18H,6-9H2,1-3H3,(H,25,26,27);5-10H,1-4H3;5-9H,1-4H3. The van der Waals surface area contributed by atoms with E-state index in [4.69, 9.17) is 18.5 Å². The molecular formula is C62H60N12O8S2. The summed E-state index contributed by atoms with van der Waals surface area (Å²) >= 11 is 2.87. The highest BCUT2D eigenvalue weighted by Crippen LogP contribution is 2.32. The number of hydrogen-bond acceptors (Lipinski definition) is 19. The molecule has 0 saturated carbocycles. The van der Waals surface area contributed by atoms with E-state index < -0.39 is 5.97 Å². The summed E-state index contributed by atoms with van der Waals surface area (Å²) in [4.78, 5) is 77.7. The number of methoxy groups -OCH3 is 1. The van der Waals surface area contributed by atoms with Crippen molar-refractivity contribution >= 4 is 68.5 Å². The Balaban J connectivity index is 0.000000142. The minimum absolute atomic E-state index is 0.0951. The van der Waals surface area contributed by atoms with Crippen molar-refractivity contribution in [3.8, 4) is 56.0 Å². The van der Waals surface area contributed by atoms with Crippen LogP contribution in [0.25, 0.3) is 89.1 Å². The highest BCUT2D eigenvalue weighted by Gasteiger charge is 2.20. The maximum Gasteiger partial charge on any atom is 0.337 e. The van der Waals surface area contributed by atoms with Crippen LogP contribution in [0.3, 0.4) is 0 Å². The highest BCUT2D eigenvalue weighted by atomic mass is 32.2. The molecule has 1 fully saturated rings. The molecule has 0 radical (unpaired) electrons. The van der Waals surface area contributed by atoms with Gasteiger partial charge in [-0.05, 0) is 136 Å². The van der Waals surface area contributed by atoms with E-state index in [1.807, 2.05) is 108 Å². The second-order valence-electron chi connectivity index (χ2n) is 20.3. The zero-order valence-corrected chi connectivity index (χ0v) is 49.9. The Morgan fingerprint density at radius 3 is 1.38 bits per heavy atom. The summed E-state index contributed by atoms with van der Waals surface area (Å²) < 4.78 is 25.6. The van der Waals surface area contributed by atoms with E-state index >= 15 is 0 Å². The molecule has 428 valence electrons. The van der Waals surface area contributed by atoms with Crippen molar-refractivity contribution in [2.75, 3.05) is 38.2 Å². The third-order valence-corrected chi connectivity index (χ3v) is 15.7. The molecule has 1 saturated heterocycles. The van der Waals surface area contributed by atoms with Crippen molar-refractivity contribution in [1.29, 1.82) is 0 Å². The first-order valence-electron chi connectivity index (χ1n) is 26.7. The van der Waals surface area contributed by atoms with Crippen molar-refractivity contribution in [3.05, 3.63) is 168 Å². The fourth-order valence-corrected chi connectivity index (χ4v) is 10.5. The lowest BCUT2D eigenvalue weighted by Gasteiger charge is -2.23. The fraction of sp³-hybridized carbons (Fsp3) is 0.258. The largest absolute Gasteiger partial charge is 0.465 e. The lowest BCUT2D eigenvalue weighted by Crippen LogP contribution is -2.29. The van der Waals surface area contributed by atoms with Gasteiger partial charge in [0.1, 0.15) is 16.9 Å². The number of carbonyl (C=O) groups is 1. The first-order valence-corrected chi connectivity index (χ1v) is 29.2. The molecule has 0 amide bonds. The van der Waals surface area contributed by atoms with E-state index in [9.17, 15) is 19.2 Å². The number of nitrogens with one attached hydrogen (secondary N) is 1. The molecule has 22 heteroatoms. The number of anilines is 1. The van der Waals surface area contributed by atoms with Gasteiger partial charge in [0, 0.05) is 115 Å². The van der Waals surface area contributed by atoms with E-state index in [0.29, 0.717) is 72.5 Å². The van der Waals surface area contributed by atoms with Crippen LogP contribution in [-0.2, 0) is 30.6 Å². The van der Waals surface area contributed by atoms with Gasteiger partial charge in [-0.2, -0.15) is 4.98 Å². The first kappa shape index (κ1) is 58.1. The van der Waals surface area contributed by atoms with Crippen molar-refractivity contribution < 1.29 is 23.3 Å². The number of pyridine rings is 3. The molecule has 9 heterocycles. The second kappa shape index (κ2) is 24.8. The average Bonchev–Trinajstić information content (AvgIpc) is 3.93. The van der Waals surface area contributed by atoms with Crippen LogP contribution in [0.1, 0.15) is 51.3 Å². The van der Waals surface area contributed by atoms with Crippen LogP contribution < -0.4 is 22.0 Å². The maximum atomic E-state index is 13.3. The minimum atomic E-state index is -0.438. The molecule has 20 nitrogen and oxygen atoms in total. The van der Waals surface area contributed by atoms with Gasteiger partial charge >= 0.3 is 5.97 Å². The van der Waals surface area contributed by atoms with Crippen molar-refractivity contribution in [2.45, 2.75) is 63.8 Å². The Bertz CT molecular complexity index is 4530. The summed E-state index contributed by atoms with van der Waals surface area (Å²) in [6.45, 7) is 11.1. The number of benzene rings is 3. The Labute approximate surface area is 490 Å². The van der Waals surface area contributed by atoms with Crippen molar-refractivity contribution in [1.82, 2.24) is 53.9 Å². The lowest BCUT2D eigenvalue weighted by molar-refractivity contribution is 0.0600. The normalized spacial score (nSPS) is 12.5. The molecule has 0 aliphatic carbocycles. The minimum Gasteiger partial charge on any atom is -0.465 e. The quantitative estimate of drug-likeness (QED) is 0.0760. The molecule has 0 unspecified atom stereocenters. The van der Waals surface area contributed by atoms with Gasteiger partial charge in [0.05, 0.1) is 24.1 Å². The number of thioether (sulfide) groups is 2. The topological polar surface area (TPSA) is 243 Å². The molecule has 8 aromatic heterocycles. The Morgan fingerprint density at radius 1 is 0.548 bits per heavy atom. The number of aromatic nitrogens is 11. The molecule has 0 spiro atoms. The maximum absolute atomic E-state index is 13.3. The van der Waals surface area contributed by atoms with Crippen LogP contribution in [0.5, 0.6) is 0 Å². The number of esters is 1. The molecule has 1 N–H and O–H groups in total. The van der Waals surface area contributed by atoms with Crippen LogP contribution in [0.2, 0.25) is 0 Å². The molecule has 84 heavy (non-hydrogen) atoms. The average molecular weight is 1170 g/mol. The summed E-state index contributed by atoms with van der Waals surface area (Å²) in [5.41, 5.74) is 12.2. The monoisotopic (exact) mass is 1160 g/mol. The zero-order valence-electron chi connectivity index (χ0n) is 48.2. The molecular weight excluding hydrogens is 1100 g/mol. The zero-order chi connectivity index (χ0) is 59.5. The van der Waals surface area contributed by atoms with Crippen LogP contribution >= 0.6 is 23.5 Å². The summed E-state index contributed by atoms with van der Waals surface area (Å²) in [5, 5.41) is 14.9. The molecule has 0 bridgehead atoms. The van der Waals surface area contributed by atoms with E-state index in [1.54, 1.807) is 73.1 Å². The van der Waals surface area contributed by atoms with Crippen LogP contribution in [-0.4, -0.2) is 98.8 Å². The van der Waals surface area contributed by atoms with Gasteiger partial charge in [0.15, 0.2) is 21.8 Å². The van der Waals surface area contributed by atoms with Gasteiger partial charge in [0.2, 0.25) is 5.95 Å². The second-order valence-corrected chi connectivity index (χ2v) is 21.8. The highest BCUT2D eigenvalue weighted by molar-refractivity contribution is 7.98. The fourth-order valence-electron chi connectivity index (χ4n) is 9.87. The van der Waals surface area contributed by atoms with E-state index in [0.717, 1.165) is 92.5 Å². The summed E-state index contributed by atoms with van der Waals surface area (Å²) in [6, 6.07) is 26.6. The number of ether oxygens (including phenoxy) is 2. The molecule has 3 aromatic carbocycles. The molecule has 11 aromatic rings. The van der Waals surface area contributed by atoms with Gasteiger partial charge in [-0.25, -0.2) is 29.7 Å². The van der Waals surface area contributed by atoms with Crippen LogP contribution in [0, 0.1) is 34.6 Å². The number of hydrogen-bond donors (Lipinski definition) is 1. The molecule has 12 rings (SSSR count). The van der Waals surface area contributed by atoms with Gasteiger partial charge in [-0.1, -0.05) is 64.2 Å². The van der Waals surface area contributed by atoms with E-state index in [-0.39, 0.29) is 22.7 Å². The number of aryl methyl sites for hydroxylation is 8. The first-order chi connectivity index (χ1) is 40.4. The lowest BCUT2D eigenvalue weighted by atomic mass is 9.97. The number of carbonyl (C=O) groups excluding carboxylic acids is 1. The van der Waals surface area contributed by atoms with Crippen molar-refractivity contribution in [2.24, 2.45) is 21.1 Å². The summed E-state index contributed by atoms with van der Waals surface area (Å²) in [5.74, 6) is 1.45. The van der Waals surface area contributed by atoms with E-state index in [1.165, 1.54) is 35.2 Å². The number of nitrogens with zero attached hydrogens (tertiary/aromatic N) is 11. The van der Waals surface area contributed by atoms with Crippen LogP contribution in [0.4, 0.5) is 5.95 Å². The molecule has 1 aliphatic rings. The predicted molar refractivity (Wildman–Crippen MR) is 328 cm³/mol. The SMILES string of the molecule is COC(=O)c1ccc(C)c(-c2cc3cnc(SC)nc3n(C)c2=O)c1.CSc1ncc2cc(-c3cc(-c4cc(C)no4)ccc3C)c(=O)n(C)c2n1.Cc1cc(-c2ccc(C)c(-c3cc4cnc(NC5CCOCC5)nc4n(C)c3=O)c2)on1. The van der Waals surface area contributed by atoms with Gasteiger partial charge in [-0.3, -0.25) is 28.1 Å². The number of rotatable bonds is 10. The Kier molecular flexibility index (Phi) is 17.1. The predicted octanol–water partition coefficient (Wildman–Crippen LogP) is 10.7. The van der Waals surface area contributed by atoms with Gasteiger partial charge in [-0.15, -0.1) is 0 Å². The van der Waals surface area contributed by atoms with Crippen molar-refractivity contribution in [3.63, 3.8) is 0 Å². The molecule has 0 atom stereocenters. The third kappa shape index (κ3) is 12.0.